The lowest BCUT2D eigenvalue weighted by Crippen LogP contribution is -2.34. The molecule has 1 nitrogen and oxygen atoms in total. The van der Waals surface area contributed by atoms with Gasteiger partial charge in [-0.1, -0.05) is 30.3 Å². The van der Waals surface area contributed by atoms with Gasteiger partial charge in [-0.15, -0.1) is 0 Å². The van der Waals surface area contributed by atoms with E-state index in [9.17, 15) is 0 Å². The predicted octanol–water partition coefficient (Wildman–Crippen LogP) is 2.86. The Hall–Kier alpha value is -0.820. The van der Waals surface area contributed by atoms with Crippen LogP contribution in [0.4, 0.5) is 0 Å². The summed E-state index contributed by atoms with van der Waals surface area (Å²) in [7, 11) is 2.06. The lowest BCUT2D eigenvalue weighted by atomic mass is 9.71. The molecule has 0 spiro atoms. The van der Waals surface area contributed by atoms with Crippen LogP contribution in [0.2, 0.25) is 0 Å². The summed E-state index contributed by atoms with van der Waals surface area (Å²) in [5.74, 6) is 1.91. The van der Waals surface area contributed by atoms with Crippen LogP contribution >= 0.6 is 0 Å². The Balaban J connectivity index is 1.74. The van der Waals surface area contributed by atoms with Gasteiger partial charge in [-0.3, -0.25) is 0 Å². The number of benzene rings is 1. The zero-order valence-corrected chi connectivity index (χ0v) is 9.58. The van der Waals surface area contributed by atoms with Crippen molar-refractivity contribution in [3.63, 3.8) is 0 Å². The summed E-state index contributed by atoms with van der Waals surface area (Å²) < 4.78 is 0. The Morgan fingerprint density at radius 3 is 2.47 bits per heavy atom. The molecular formula is C14H21N. The fourth-order valence-corrected chi connectivity index (χ4v) is 2.55. The van der Waals surface area contributed by atoms with E-state index < -0.39 is 0 Å². The van der Waals surface area contributed by atoms with E-state index in [2.05, 4.69) is 42.7 Å². The molecule has 0 saturated heterocycles. The van der Waals surface area contributed by atoms with E-state index in [1.807, 2.05) is 0 Å². The van der Waals surface area contributed by atoms with Crippen molar-refractivity contribution in [1.29, 1.82) is 0 Å². The Labute approximate surface area is 92.9 Å². The van der Waals surface area contributed by atoms with Gasteiger partial charge in [-0.2, -0.15) is 0 Å². The van der Waals surface area contributed by atoms with Crippen molar-refractivity contribution in [1.82, 2.24) is 5.32 Å². The third-order valence-corrected chi connectivity index (χ3v) is 3.69. The molecule has 0 heterocycles. The van der Waals surface area contributed by atoms with Crippen LogP contribution in [0.3, 0.4) is 0 Å². The first kappa shape index (κ1) is 10.7. The van der Waals surface area contributed by atoms with Crippen LogP contribution in [0, 0.1) is 11.8 Å². The molecule has 0 amide bonds. The molecule has 1 N–H and O–H groups in total. The van der Waals surface area contributed by atoms with Gasteiger partial charge in [0.25, 0.3) is 0 Å². The van der Waals surface area contributed by atoms with E-state index in [1.165, 1.54) is 37.8 Å². The first-order chi connectivity index (χ1) is 7.40. The fraction of sp³-hybridized carbons (Fsp3) is 0.571. The monoisotopic (exact) mass is 203 g/mol. The molecule has 0 bridgehead atoms. The second-order valence-electron chi connectivity index (χ2n) is 4.68. The SMILES string of the molecule is CNCC1CCC1CCc1ccccc1. The summed E-state index contributed by atoms with van der Waals surface area (Å²) in [5.41, 5.74) is 1.49. The number of nitrogens with one attached hydrogen (secondary N) is 1. The average Bonchev–Trinajstić information content (AvgIpc) is 2.26. The Morgan fingerprint density at radius 2 is 1.87 bits per heavy atom. The predicted molar refractivity (Wildman–Crippen MR) is 64.9 cm³/mol. The normalized spacial score (nSPS) is 24.9. The number of aryl methyl sites for hydroxylation is 1. The van der Waals surface area contributed by atoms with Gasteiger partial charge in [0.2, 0.25) is 0 Å². The highest BCUT2D eigenvalue weighted by Gasteiger charge is 2.29. The smallest absolute Gasteiger partial charge is 0.00209 e. The molecule has 0 aliphatic heterocycles. The molecule has 1 heteroatoms. The molecule has 1 aromatic rings. The molecule has 1 aromatic carbocycles. The van der Waals surface area contributed by atoms with Crippen LogP contribution in [-0.4, -0.2) is 13.6 Å². The number of hydrogen-bond donors (Lipinski definition) is 1. The van der Waals surface area contributed by atoms with E-state index in [0.29, 0.717) is 0 Å². The summed E-state index contributed by atoms with van der Waals surface area (Å²) in [6.07, 6.45) is 5.50. The largest absolute Gasteiger partial charge is 0.319 e. The van der Waals surface area contributed by atoms with Gasteiger partial charge in [-0.25, -0.2) is 0 Å². The first-order valence-electron chi connectivity index (χ1n) is 6.08. The van der Waals surface area contributed by atoms with Gasteiger partial charge >= 0.3 is 0 Å². The molecule has 1 aliphatic rings. The van der Waals surface area contributed by atoms with Gasteiger partial charge in [0.15, 0.2) is 0 Å². The molecule has 15 heavy (non-hydrogen) atoms. The minimum absolute atomic E-state index is 0.943. The van der Waals surface area contributed by atoms with Gasteiger partial charge < -0.3 is 5.32 Å². The molecule has 2 rings (SSSR count). The van der Waals surface area contributed by atoms with Crippen molar-refractivity contribution < 1.29 is 0 Å². The first-order valence-corrected chi connectivity index (χ1v) is 6.08. The summed E-state index contributed by atoms with van der Waals surface area (Å²) in [5, 5.41) is 3.30. The second kappa shape index (κ2) is 5.32. The van der Waals surface area contributed by atoms with E-state index in [1.54, 1.807) is 0 Å². The summed E-state index contributed by atoms with van der Waals surface area (Å²) in [6.45, 7) is 1.21. The highest BCUT2D eigenvalue weighted by molar-refractivity contribution is 5.14. The Morgan fingerprint density at radius 1 is 1.13 bits per heavy atom. The van der Waals surface area contributed by atoms with Crippen molar-refractivity contribution in [2.24, 2.45) is 11.8 Å². The maximum Gasteiger partial charge on any atom is -0.00209 e. The van der Waals surface area contributed by atoms with Crippen molar-refractivity contribution in [2.45, 2.75) is 25.7 Å². The molecule has 2 atom stereocenters. The highest BCUT2D eigenvalue weighted by atomic mass is 14.8. The zero-order valence-electron chi connectivity index (χ0n) is 9.58. The maximum atomic E-state index is 3.30. The highest BCUT2D eigenvalue weighted by Crippen LogP contribution is 2.36. The van der Waals surface area contributed by atoms with Crippen molar-refractivity contribution >= 4 is 0 Å². The van der Waals surface area contributed by atoms with E-state index >= 15 is 0 Å². The molecule has 2 unspecified atom stereocenters. The molecule has 1 aliphatic carbocycles. The minimum Gasteiger partial charge on any atom is -0.319 e. The van der Waals surface area contributed by atoms with Crippen LogP contribution in [-0.2, 0) is 6.42 Å². The molecule has 0 aromatic heterocycles. The average molecular weight is 203 g/mol. The summed E-state index contributed by atoms with van der Waals surface area (Å²) in [6, 6.07) is 10.9. The number of hydrogen-bond acceptors (Lipinski definition) is 1. The maximum absolute atomic E-state index is 3.30. The van der Waals surface area contributed by atoms with Gasteiger partial charge in [-0.05, 0) is 56.7 Å². The van der Waals surface area contributed by atoms with Crippen LogP contribution in [0.1, 0.15) is 24.8 Å². The van der Waals surface area contributed by atoms with E-state index in [-0.39, 0.29) is 0 Å². The molecular weight excluding hydrogens is 182 g/mol. The standard InChI is InChI=1S/C14H21N/c1-15-11-14-10-9-13(14)8-7-12-5-3-2-4-6-12/h2-6,13-15H,7-11H2,1H3. The third-order valence-electron chi connectivity index (χ3n) is 3.69. The summed E-state index contributed by atoms with van der Waals surface area (Å²) in [4.78, 5) is 0. The second-order valence-corrected chi connectivity index (χ2v) is 4.68. The lowest BCUT2D eigenvalue weighted by molar-refractivity contribution is 0.163. The molecule has 82 valence electrons. The fourth-order valence-electron chi connectivity index (χ4n) is 2.55. The van der Waals surface area contributed by atoms with E-state index in [0.717, 1.165) is 11.8 Å². The third kappa shape index (κ3) is 2.82. The Kier molecular flexibility index (Phi) is 3.79. The zero-order chi connectivity index (χ0) is 10.5. The topological polar surface area (TPSA) is 12.0 Å². The Bertz CT molecular complexity index is 281. The van der Waals surface area contributed by atoms with Crippen molar-refractivity contribution in [3.8, 4) is 0 Å². The quantitative estimate of drug-likeness (QED) is 0.776. The minimum atomic E-state index is 0.943. The van der Waals surface area contributed by atoms with Crippen LogP contribution < -0.4 is 5.32 Å². The number of rotatable bonds is 5. The van der Waals surface area contributed by atoms with Crippen molar-refractivity contribution in [2.75, 3.05) is 13.6 Å². The molecule has 0 radical (unpaired) electrons. The van der Waals surface area contributed by atoms with Gasteiger partial charge in [0, 0.05) is 0 Å². The summed E-state index contributed by atoms with van der Waals surface area (Å²) >= 11 is 0. The van der Waals surface area contributed by atoms with Gasteiger partial charge in [0.1, 0.15) is 0 Å². The van der Waals surface area contributed by atoms with Crippen LogP contribution in [0.15, 0.2) is 30.3 Å². The molecule has 1 saturated carbocycles. The van der Waals surface area contributed by atoms with Crippen LogP contribution in [0.25, 0.3) is 0 Å². The van der Waals surface area contributed by atoms with E-state index in [4.69, 9.17) is 0 Å². The van der Waals surface area contributed by atoms with Gasteiger partial charge in [0.05, 0.1) is 0 Å². The van der Waals surface area contributed by atoms with Crippen LogP contribution in [0.5, 0.6) is 0 Å². The molecule has 1 fully saturated rings. The lowest BCUT2D eigenvalue weighted by Gasteiger charge is -2.36. The van der Waals surface area contributed by atoms with Crippen molar-refractivity contribution in [3.05, 3.63) is 35.9 Å².